The molecule has 7 nitrogen and oxygen atoms in total. The average Bonchev–Trinajstić information content (AvgIpc) is 2.71. The van der Waals surface area contributed by atoms with E-state index >= 15 is 0 Å². The minimum Gasteiger partial charge on any atom is -0.356 e. The van der Waals surface area contributed by atoms with Gasteiger partial charge in [0.15, 0.2) is 0 Å². The first-order valence-electron chi connectivity index (χ1n) is 12.0. The normalized spacial score (nSPS) is 32.8. The molecule has 8 heteroatoms. The first-order valence-corrected chi connectivity index (χ1v) is 13.4. The molecule has 4 atom stereocenters. The molecule has 0 spiro atoms. The Morgan fingerprint density at radius 2 is 1.67 bits per heavy atom. The van der Waals surface area contributed by atoms with Crippen molar-refractivity contribution in [3.05, 3.63) is 0 Å². The summed E-state index contributed by atoms with van der Waals surface area (Å²) in [6.45, 7) is 11.4. The number of nitrogens with one attached hydrogen (secondary N) is 1. The maximum atomic E-state index is 13.2. The fourth-order valence-electron chi connectivity index (χ4n) is 5.45. The molecule has 0 radical (unpaired) electrons. The Hall–Kier alpha value is -0.700. The Balaban J connectivity index is 1.46. The zero-order valence-electron chi connectivity index (χ0n) is 19.2. The van der Waals surface area contributed by atoms with Crippen LogP contribution in [0.25, 0.3) is 0 Å². The van der Waals surface area contributed by atoms with E-state index < -0.39 is 10.2 Å². The van der Waals surface area contributed by atoms with Crippen molar-refractivity contribution >= 4 is 16.1 Å². The van der Waals surface area contributed by atoms with Crippen molar-refractivity contribution < 1.29 is 13.2 Å². The predicted molar refractivity (Wildman–Crippen MR) is 120 cm³/mol. The van der Waals surface area contributed by atoms with Crippen LogP contribution in [0.3, 0.4) is 0 Å². The molecule has 1 N–H and O–H groups in total. The Morgan fingerprint density at radius 1 is 0.933 bits per heavy atom. The van der Waals surface area contributed by atoms with Crippen LogP contribution >= 0.6 is 0 Å². The molecule has 0 aliphatic carbocycles. The molecule has 3 aliphatic heterocycles. The standard InChI is InChI=1S/C22H42N4O3S/c1-18-14-19(2)16-26(15-18)30(28,29)25-13-6-9-21(17-25)22(27)23-10-7-12-24-11-5-4-8-20(24)3/h18-21H,4-17H2,1-3H3,(H,23,27)/t18-,19+,20-,21+/m0/s1. The highest BCUT2D eigenvalue weighted by molar-refractivity contribution is 7.86. The van der Waals surface area contributed by atoms with Gasteiger partial charge in [0.05, 0.1) is 5.92 Å². The topological polar surface area (TPSA) is 73.0 Å². The van der Waals surface area contributed by atoms with E-state index in [0.29, 0.717) is 50.6 Å². The minimum absolute atomic E-state index is 0.0157. The second-order valence-electron chi connectivity index (χ2n) is 9.99. The summed E-state index contributed by atoms with van der Waals surface area (Å²) in [5.41, 5.74) is 0. The summed E-state index contributed by atoms with van der Waals surface area (Å²) in [5, 5.41) is 3.07. The maximum Gasteiger partial charge on any atom is 0.282 e. The average molecular weight is 443 g/mol. The zero-order chi connectivity index (χ0) is 21.7. The van der Waals surface area contributed by atoms with Crippen molar-refractivity contribution in [3.8, 4) is 0 Å². The number of rotatable bonds is 7. The zero-order valence-corrected chi connectivity index (χ0v) is 20.0. The Bertz CT molecular complexity index is 661. The van der Waals surface area contributed by atoms with Crippen LogP contribution in [0.15, 0.2) is 0 Å². The maximum absolute atomic E-state index is 13.2. The molecule has 0 unspecified atom stereocenters. The fraction of sp³-hybridized carbons (Fsp3) is 0.955. The quantitative estimate of drug-likeness (QED) is 0.614. The second kappa shape index (κ2) is 10.7. The molecular formula is C22H42N4O3S. The SMILES string of the molecule is C[C@@H]1C[C@H](C)CN(S(=O)(=O)N2CCC[C@@H](C(=O)NCCCN3CCCC[C@@H]3C)C2)C1. The summed E-state index contributed by atoms with van der Waals surface area (Å²) in [6, 6.07) is 0.645. The van der Waals surface area contributed by atoms with Crippen molar-refractivity contribution in [2.75, 3.05) is 45.8 Å². The van der Waals surface area contributed by atoms with Gasteiger partial charge < -0.3 is 10.2 Å². The van der Waals surface area contributed by atoms with Crippen LogP contribution in [0.5, 0.6) is 0 Å². The van der Waals surface area contributed by atoms with Crippen LogP contribution in [0.2, 0.25) is 0 Å². The summed E-state index contributed by atoms with van der Waals surface area (Å²) < 4.78 is 29.6. The van der Waals surface area contributed by atoms with Crippen LogP contribution in [0.4, 0.5) is 0 Å². The number of amides is 1. The highest BCUT2D eigenvalue weighted by Crippen LogP contribution is 2.27. The molecule has 0 aromatic rings. The van der Waals surface area contributed by atoms with Crippen LogP contribution in [0.1, 0.15) is 65.7 Å². The molecule has 0 saturated carbocycles. The monoisotopic (exact) mass is 442 g/mol. The van der Waals surface area contributed by atoms with Gasteiger partial charge in [0, 0.05) is 45.3 Å². The summed E-state index contributed by atoms with van der Waals surface area (Å²) in [4.78, 5) is 15.2. The lowest BCUT2D eigenvalue weighted by Crippen LogP contribution is -2.53. The van der Waals surface area contributed by atoms with E-state index in [1.165, 1.54) is 19.3 Å². The number of hydrogen-bond donors (Lipinski definition) is 1. The lowest BCUT2D eigenvalue weighted by Gasteiger charge is -2.39. The smallest absolute Gasteiger partial charge is 0.282 e. The number of carbonyl (C=O) groups excluding carboxylic acids is 1. The van der Waals surface area contributed by atoms with Gasteiger partial charge in [0.1, 0.15) is 0 Å². The molecule has 174 valence electrons. The summed E-state index contributed by atoms with van der Waals surface area (Å²) in [5.74, 6) is 0.550. The van der Waals surface area contributed by atoms with E-state index in [9.17, 15) is 13.2 Å². The number of hydrogen-bond acceptors (Lipinski definition) is 4. The van der Waals surface area contributed by atoms with E-state index in [1.54, 1.807) is 8.61 Å². The van der Waals surface area contributed by atoms with Gasteiger partial charge in [-0.15, -0.1) is 0 Å². The van der Waals surface area contributed by atoms with Gasteiger partial charge in [-0.05, 0) is 63.8 Å². The molecule has 3 aliphatic rings. The van der Waals surface area contributed by atoms with Crippen LogP contribution in [-0.4, -0.2) is 79.7 Å². The van der Waals surface area contributed by atoms with Gasteiger partial charge in [-0.2, -0.15) is 17.0 Å². The second-order valence-corrected chi connectivity index (χ2v) is 11.9. The molecule has 3 fully saturated rings. The Morgan fingerprint density at radius 3 is 2.37 bits per heavy atom. The van der Waals surface area contributed by atoms with Crippen molar-refractivity contribution in [3.63, 3.8) is 0 Å². The third-order valence-corrected chi connectivity index (χ3v) is 9.04. The molecule has 3 saturated heterocycles. The van der Waals surface area contributed by atoms with Gasteiger partial charge in [0.25, 0.3) is 10.2 Å². The molecule has 0 aromatic heterocycles. The van der Waals surface area contributed by atoms with Gasteiger partial charge >= 0.3 is 0 Å². The third kappa shape index (κ3) is 6.17. The summed E-state index contributed by atoms with van der Waals surface area (Å²) in [7, 11) is -3.48. The predicted octanol–water partition coefficient (Wildman–Crippen LogP) is 2.30. The number of likely N-dealkylation sites (tertiary alicyclic amines) is 1. The summed E-state index contributed by atoms with van der Waals surface area (Å²) >= 11 is 0. The first kappa shape index (κ1) is 24.0. The van der Waals surface area contributed by atoms with Gasteiger partial charge in [0.2, 0.25) is 5.91 Å². The lowest BCUT2D eigenvalue weighted by molar-refractivity contribution is -0.126. The molecule has 1 amide bonds. The van der Waals surface area contributed by atoms with Crippen LogP contribution < -0.4 is 5.32 Å². The van der Waals surface area contributed by atoms with Crippen LogP contribution in [0, 0.1) is 17.8 Å². The number of nitrogens with zero attached hydrogens (tertiary/aromatic N) is 3. The number of carbonyl (C=O) groups is 1. The first-order chi connectivity index (χ1) is 14.3. The molecule has 0 bridgehead atoms. The van der Waals surface area contributed by atoms with E-state index in [2.05, 4.69) is 31.0 Å². The van der Waals surface area contributed by atoms with Crippen LogP contribution in [-0.2, 0) is 15.0 Å². The third-order valence-electron chi connectivity index (χ3n) is 7.10. The van der Waals surface area contributed by atoms with Crippen molar-refractivity contribution in [1.29, 1.82) is 0 Å². The molecule has 3 heterocycles. The van der Waals surface area contributed by atoms with Gasteiger partial charge in [-0.25, -0.2) is 0 Å². The molecule has 30 heavy (non-hydrogen) atoms. The summed E-state index contributed by atoms with van der Waals surface area (Å²) in [6.07, 6.45) is 7.42. The van der Waals surface area contributed by atoms with Crippen molar-refractivity contribution in [1.82, 2.24) is 18.8 Å². The largest absolute Gasteiger partial charge is 0.356 e. The Labute approximate surface area is 183 Å². The lowest BCUT2D eigenvalue weighted by atomic mass is 9.94. The molecular weight excluding hydrogens is 400 g/mol. The van der Waals surface area contributed by atoms with Gasteiger partial charge in [-0.3, -0.25) is 4.79 Å². The highest BCUT2D eigenvalue weighted by atomic mass is 32.2. The fourth-order valence-corrected chi connectivity index (χ4v) is 7.39. The number of piperidine rings is 3. The van der Waals surface area contributed by atoms with E-state index in [1.807, 2.05) is 0 Å². The molecule has 3 rings (SSSR count). The minimum atomic E-state index is -3.48. The van der Waals surface area contributed by atoms with Crippen molar-refractivity contribution in [2.45, 2.75) is 71.8 Å². The molecule has 0 aromatic carbocycles. The van der Waals surface area contributed by atoms with Gasteiger partial charge in [-0.1, -0.05) is 20.3 Å². The van der Waals surface area contributed by atoms with E-state index in [4.69, 9.17) is 0 Å². The van der Waals surface area contributed by atoms with E-state index in [-0.39, 0.29) is 11.8 Å². The van der Waals surface area contributed by atoms with E-state index in [0.717, 1.165) is 38.8 Å². The van der Waals surface area contributed by atoms with Crippen molar-refractivity contribution in [2.24, 2.45) is 17.8 Å². The Kier molecular flexibility index (Phi) is 8.58. The highest BCUT2D eigenvalue weighted by Gasteiger charge is 2.38.